The molecule has 0 heterocycles. The van der Waals surface area contributed by atoms with Crippen molar-refractivity contribution < 1.29 is 14.3 Å². The van der Waals surface area contributed by atoms with Crippen molar-refractivity contribution in [1.82, 2.24) is 5.43 Å². The molecule has 6 heteroatoms. The summed E-state index contributed by atoms with van der Waals surface area (Å²) in [4.78, 5) is 12.3. The second-order valence-corrected chi connectivity index (χ2v) is 6.22. The smallest absolute Gasteiger partial charge is 0.280 e. The molecular weight excluding hydrogens is 352 g/mol. The molecule has 0 aliphatic rings. The number of hydrogen-bond acceptors (Lipinski definition) is 4. The standard InChI is InChI=1S/C20H23ClN2O3/c1-5-18(15-6-9-17(25-4)10-7-15)22-23-20(24)14(3)26-19-11-8-16(21)12-13(19)2/h6-12,14H,5H2,1-4H3,(H,23,24)/b22-18+. The number of benzene rings is 2. The Morgan fingerprint density at radius 1 is 1.23 bits per heavy atom. The van der Waals surface area contributed by atoms with Gasteiger partial charge < -0.3 is 9.47 Å². The lowest BCUT2D eigenvalue weighted by atomic mass is 10.1. The van der Waals surface area contributed by atoms with Gasteiger partial charge in [-0.05, 0) is 73.9 Å². The zero-order chi connectivity index (χ0) is 19.1. The van der Waals surface area contributed by atoms with Crippen molar-refractivity contribution in [1.29, 1.82) is 0 Å². The summed E-state index contributed by atoms with van der Waals surface area (Å²) in [6.45, 7) is 5.53. The summed E-state index contributed by atoms with van der Waals surface area (Å²) in [5.41, 5.74) is 5.15. The van der Waals surface area contributed by atoms with Crippen molar-refractivity contribution in [2.24, 2.45) is 5.10 Å². The minimum atomic E-state index is -0.687. The van der Waals surface area contributed by atoms with Crippen LogP contribution >= 0.6 is 11.6 Å². The van der Waals surface area contributed by atoms with Crippen LogP contribution < -0.4 is 14.9 Å². The van der Waals surface area contributed by atoms with Crippen LogP contribution in [0.1, 0.15) is 31.4 Å². The molecule has 2 aromatic rings. The Bertz CT molecular complexity index is 788. The molecule has 2 rings (SSSR count). The monoisotopic (exact) mass is 374 g/mol. The molecule has 0 aliphatic carbocycles. The van der Waals surface area contributed by atoms with E-state index in [0.717, 1.165) is 22.6 Å². The maximum Gasteiger partial charge on any atom is 0.280 e. The van der Waals surface area contributed by atoms with Crippen LogP contribution in [-0.4, -0.2) is 24.8 Å². The Balaban J connectivity index is 2.02. The van der Waals surface area contributed by atoms with E-state index in [1.807, 2.05) is 38.1 Å². The largest absolute Gasteiger partial charge is 0.497 e. The molecule has 2 aromatic carbocycles. The van der Waals surface area contributed by atoms with Gasteiger partial charge in [0.25, 0.3) is 5.91 Å². The van der Waals surface area contributed by atoms with Crippen LogP contribution in [0.2, 0.25) is 5.02 Å². The summed E-state index contributed by atoms with van der Waals surface area (Å²) in [5, 5.41) is 4.87. The maximum atomic E-state index is 12.3. The lowest BCUT2D eigenvalue weighted by Crippen LogP contribution is -2.34. The van der Waals surface area contributed by atoms with Gasteiger partial charge in [0.1, 0.15) is 11.5 Å². The quantitative estimate of drug-likeness (QED) is 0.578. The summed E-state index contributed by atoms with van der Waals surface area (Å²) in [6, 6.07) is 12.8. The highest BCUT2D eigenvalue weighted by atomic mass is 35.5. The van der Waals surface area contributed by atoms with E-state index >= 15 is 0 Å². The third kappa shape index (κ3) is 5.23. The van der Waals surface area contributed by atoms with Gasteiger partial charge in [0.2, 0.25) is 0 Å². The minimum Gasteiger partial charge on any atom is -0.497 e. The van der Waals surface area contributed by atoms with E-state index < -0.39 is 6.10 Å². The van der Waals surface area contributed by atoms with E-state index in [-0.39, 0.29) is 5.91 Å². The van der Waals surface area contributed by atoms with Gasteiger partial charge in [-0.2, -0.15) is 5.10 Å². The predicted molar refractivity (Wildman–Crippen MR) is 104 cm³/mol. The predicted octanol–water partition coefficient (Wildman–Crippen LogP) is 4.35. The fraction of sp³-hybridized carbons (Fsp3) is 0.300. The van der Waals surface area contributed by atoms with Crippen molar-refractivity contribution in [2.75, 3.05) is 7.11 Å². The van der Waals surface area contributed by atoms with Gasteiger partial charge in [0.05, 0.1) is 12.8 Å². The Morgan fingerprint density at radius 3 is 2.50 bits per heavy atom. The van der Waals surface area contributed by atoms with Gasteiger partial charge in [0.15, 0.2) is 6.10 Å². The van der Waals surface area contributed by atoms with E-state index in [1.165, 1.54) is 0 Å². The number of carbonyl (C=O) groups excluding carboxylic acids is 1. The van der Waals surface area contributed by atoms with Crippen LogP contribution in [0.3, 0.4) is 0 Å². The van der Waals surface area contributed by atoms with Crippen LogP contribution in [0.15, 0.2) is 47.6 Å². The first-order chi connectivity index (χ1) is 12.4. The van der Waals surface area contributed by atoms with Crippen molar-refractivity contribution in [3.05, 3.63) is 58.6 Å². The summed E-state index contributed by atoms with van der Waals surface area (Å²) in [5.74, 6) is 1.07. The van der Waals surface area contributed by atoms with Gasteiger partial charge >= 0.3 is 0 Å². The van der Waals surface area contributed by atoms with Crippen molar-refractivity contribution in [2.45, 2.75) is 33.3 Å². The SMILES string of the molecule is CC/C(=N\NC(=O)C(C)Oc1ccc(Cl)cc1C)c1ccc(OC)cc1. The van der Waals surface area contributed by atoms with E-state index in [0.29, 0.717) is 17.2 Å². The van der Waals surface area contributed by atoms with Crippen molar-refractivity contribution >= 4 is 23.2 Å². The molecule has 0 saturated carbocycles. The molecule has 0 fully saturated rings. The summed E-state index contributed by atoms with van der Waals surface area (Å²) in [6.07, 6.45) is -0.00870. The summed E-state index contributed by atoms with van der Waals surface area (Å²) < 4.78 is 10.9. The highest BCUT2D eigenvalue weighted by Gasteiger charge is 2.15. The van der Waals surface area contributed by atoms with Crippen LogP contribution in [0, 0.1) is 6.92 Å². The van der Waals surface area contributed by atoms with Crippen LogP contribution in [0.25, 0.3) is 0 Å². The Kier molecular flexibility index (Phi) is 7.04. The van der Waals surface area contributed by atoms with Gasteiger partial charge in [0, 0.05) is 5.02 Å². The van der Waals surface area contributed by atoms with E-state index in [1.54, 1.807) is 32.2 Å². The first-order valence-corrected chi connectivity index (χ1v) is 8.76. The summed E-state index contributed by atoms with van der Waals surface area (Å²) in [7, 11) is 1.62. The van der Waals surface area contributed by atoms with Crippen molar-refractivity contribution in [3.8, 4) is 11.5 Å². The fourth-order valence-corrected chi connectivity index (χ4v) is 2.56. The van der Waals surface area contributed by atoms with Gasteiger partial charge in [-0.1, -0.05) is 18.5 Å². The molecule has 138 valence electrons. The van der Waals surface area contributed by atoms with Crippen LogP contribution in [0.5, 0.6) is 11.5 Å². The molecule has 1 N–H and O–H groups in total. The third-order valence-corrected chi connectivity index (χ3v) is 4.10. The number of rotatable bonds is 7. The maximum absolute atomic E-state index is 12.3. The van der Waals surface area contributed by atoms with E-state index in [2.05, 4.69) is 10.5 Å². The van der Waals surface area contributed by atoms with Gasteiger partial charge in [-0.25, -0.2) is 5.43 Å². The normalized spacial score (nSPS) is 12.4. The number of amides is 1. The second kappa shape index (κ2) is 9.25. The average molecular weight is 375 g/mol. The van der Waals surface area contributed by atoms with E-state index in [4.69, 9.17) is 21.1 Å². The number of nitrogens with zero attached hydrogens (tertiary/aromatic N) is 1. The molecule has 5 nitrogen and oxygen atoms in total. The molecule has 0 spiro atoms. The molecule has 1 amide bonds. The molecule has 1 unspecified atom stereocenters. The van der Waals surface area contributed by atoms with Crippen LogP contribution in [0.4, 0.5) is 0 Å². The number of nitrogens with one attached hydrogen (secondary N) is 1. The molecule has 0 saturated heterocycles. The number of hydrazone groups is 1. The lowest BCUT2D eigenvalue weighted by Gasteiger charge is -2.15. The number of methoxy groups -OCH3 is 1. The molecule has 0 bridgehead atoms. The number of hydrogen-bond donors (Lipinski definition) is 1. The lowest BCUT2D eigenvalue weighted by molar-refractivity contribution is -0.127. The van der Waals surface area contributed by atoms with E-state index in [9.17, 15) is 4.79 Å². The second-order valence-electron chi connectivity index (χ2n) is 5.79. The van der Waals surface area contributed by atoms with Crippen LogP contribution in [-0.2, 0) is 4.79 Å². The summed E-state index contributed by atoms with van der Waals surface area (Å²) >= 11 is 5.93. The molecule has 0 aliphatic heterocycles. The Labute approximate surface area is 159 Å². The minimum absolute atomic E-state index is 0.321. The number of aryl methyl sites for hydroxylation is 1. The van der Waals surface area contributed by atoms with Gasteiger partial charge in [-0.3, -0.25) is 4.79 Å². The van der Waals surface area contributed by atoms with Crippen molar-refractivity contribution in [3.63, 3.8) is 0 Å². The third-order valence-electron chi connectivity index (χ3n) is 3.87. The zero-order valence-electron chi connectivity index (χ0n) is 15.4. The zero-order valence-corrected chi connectivity index (χ0v) is 16.1. The molecule has 26 heavy (non-hydrogen) atoms. The number of ether oxygens (including phenoxy) is 2. The highest BCUT2D eigenvalue weighted by Crippen LogP contribution is 2.22. The molecule has 0 aromatic heterocycles. The molecular formula is C20H23ClN2O3. The number of carbonyl (C=O) groups is 1. The number of halogens is 1. The topological polar surface area (TPSA) is 59.9 Å². The van der Waals surface area contributed by atoms with Gasteiger partial charge in [-0.15, -0.1) is 0 Å². The first-order valence-electron chi connectivity index (χ1n) is 8.38. The Morgan fingerprint density at radius 2 is 1.92 bits per heavy atom. The average Bonchev–Trinajstić information content (AvgIpc) is 2.64. The molecule has 0 radical (unpaired) electrons. The first kappa shape index (κ1) is 19.8. The fourth-order valence-electron chi connectivity index (χ4n) is 2.33. The molecule has 1 atom stereocenters. The highest BCUT2D eigenvalue weighted by molar-refractivity contribution is 6.30. The Hall–Kier alpha value is -2.53.